The molecule has 0 spiro atoms. The van der Waals surface area contributed by atoms with Crippen molar-refractivity contribution in [2.75, 3.05) is 0 Å². The van der Waals surface area contributed by atoms with Crippen molar-refractivity contribution in [3.8, 4) is 0 Å². The monoisotopic (exact) mass is 2170 g/mol. The van der Waals surface area contributed by atoms with Gasteiger partial charge in [0.15, 0.2) is 0 Å². The van der Waals surface area contributed by atoms with Gasteiger partial charge in [-0.15, -0.1) is 0 Å². The molecule has 3 fully saturated rings. The summed E-state index contributed by atoms with van der Waals surface area (Å²) in [6.45, 7) is 4.00. The molecule has 0 N–H and O–H groups in total. The van der Waals surface area contributed by atoms with Crippen LogP contribution in [-0.4, -0.2) is 25.2 Å². The number of hydrogen-bond acceptors (Lipinski definition) is 0. The van der Waals surface area contributed by atoms with Crippen LogP contribution < -0.4 is 0 Å². The van der Waals surface area contributed by atoms with E-state index < -0.39 is 0 Å². The molecule has 29 radical (unpaired) electrons. The molecule has 3 rings (SSSR count). The third kappa shape index (κ3) is 222. The van der Waals surface area contributed by atoms with Crippen LogP contribution in [0.5, 0.6) is 0 Å². The molecular weight excluding hydrogens is 2110 g/mol. The van der Waals surface area contributed by atoms with Crippen molar-refractivity contribution in [2.24, 2.45) is 0 Å². The van der Waals surface area contributed by atoms with Crippen LogP contribution in [0.3, 0.4) is 0 Å². The number of rotatable bonds is 0. The molecule has 3 aliphatic carbocycles. The summed E-state index contributed by atoms with van der Waals surface area (Å²) in [4.78, 5) is 0. The molecule has 0 atom stereocenters. The maximum atomic E-state index is 2.00. The summed E-state index contributed by atoms with van der Waals surface area (Å²) in [6.07, 6.45) is 22.5. The minimum atomic E-state index is 0. The van der Waals surface area contributed by atoms with Crippen molar-refractivity contribution >= 4 is 25.2 Å². The molecule has 0 aromatic carbocycles. The zero-order valence-electron chi connectivity index (χ0n) is 30.9. The van der Waals surface area contributed by atoms with E-state index in [1.165, 1.54) is 96.3 Å². The maximum absolute atomic E-state index is 2.00. The van der Waals surface area contributed by atoms with E-state index in [0.29, 0.717) is 0 Å². The smallest absolute Gasteiger partial charge is 0 e. The molecule has 3 aliphatic rings. The van der Waals surface area contributed by atoms with Gasteiger partial charge in [-0.25, -0.2) is 0 Å². The van der Waals surface area contributed by atoms with Crippen molar-refractivity contribution in [2.45, 2.75) is 132 Å². The van der Waals surface area contributed by atoms with Crippen molar-refractivity contribution in [1.82, 2.24) is 0 Å². The van der Waals surface area contributed by atoms with Crippen molar-refractivity contribution in [3.63, 3.8) is 0 Å². The van der Waals surface area contributed by atoms with Crippen LogP contribution in [-0.2, 0) is 654 Å². The Morgan fingerprint density at radius 2 is 0.188 bits per heavy atom. The van der Waals surface area contributed by atoms with Crippen LogP contribution in [0.15, 0.2) is 0 Å². The molecule has 0 unspecified atom stereocenters. The Morgan fingerprint density at radius 3 is 0.208 bits per heavy atom. The first kappa shape index (κ1) is 230. The standard InChI is InChI=1S/3C5H10.C2H6.3CH4.5CH3.3B.20Y/c3*1-2-4-5-3-1;1-2;;;;;;;;;;;;;;;;;;;;;;;;;;;;;;;/h3*1-5H2;1-2H3;3*1H4;5*1H3;;;;;;;;;;;;;;;;;;;;;;;/q;;;;;;;5*-1;;;;;;;;;;;;;;;;;;;;;;;. The van der Waals surface area contributed by atoms with Crippen molar-refractivity contribution < 1.29 is 654 Å². The van der Waals surface area contributed by atoms with Gasteiger partial charge in [0.1, 0.15) is 0 Å². The van der Waals surface area contributed by atoms with E-state index >= 15 is 0 Å². The first-order valence-corrected chi connectivity index (χ1v) is 8.50. The van der Waals surface area contributed by atoms with E-state index in [1.807, 2.05) is 13.8 Å². The summed E-state index contributed by atoms with van der Waals surface area (Å²) in [5.74, 6) is 0. The van der Waals surface area contributed by atoms with Crippen molar-refractivity contribution in [3.05, 3.63) is 37.1 Å². The van der Waals surface area contributed by atoms with Gasteiger partial charge in [-0.3, -0.25) is 0 Å². The molecule has 0 aliphatic heterocycles. The average Bonchev–Trinajstić information content (AvgIpc) is 3.16. The second-order valence-corrected chi connectivity index (χ2v) is 5.30. The van der Waals surface area contributed by atoms with E-state index in [1.54, 1.807) is 0 Å². The zero-order chi connectivity index (χ0) is 12.6. The van der Waals surface area contributed by atoms with Gasteiger partial charge < -0.3 is 37.1 Å². The Hall–Kier alpha value is 22.3. The normalized spacial score (nSPS) is 7.62. The molecule has 237 valence electrons. The fourth-order valence-corrected chi connectivity index (χ4v) is 2.65. The number of hydrogen-bond donors (Lipinski definition) is 0. The summed E-state index contributed by atoms with van der Waals surface area (Å²) in [5, 5.41) is 0. The second-order valence-electron chi connectivity index (χ2n) is 5.30. The Bertz CT molecular complexity index is 119. The van der Waals surface area contributed by atoms with Crippen LogP contribution in [0.25, 0.3) is 0 Å². The molecule has 0 amide bonds. The molecule has 48 heavy (non-hydrogen) atoms. The van der Waals surface area contributed by atoms with E-state index in [9.17, 15) is 0 Å². The summed E-state index contributed by atoms with van der Waals surface area (Å²) < 4.78 is 0. The first-order chi connectivity index (χ1) is 8.50. The van der Waals surface area contributed by atoms with Gasteiger partial charge in [-0.05, 0) is 0 Å². The summed E-state index contributed by atoms with van der Waals surface area (Å²) >= 11 is 0. The zero-order valence-corrected chi connectivity index (χ0v) is 87.7. The molecule has 3 saturated carbocycles. The molecule has 0 heterocycles. The van der Waals surface area contributed by atoms with E-state index in [0.717, 1.165) is 0 Å². The van der Waals surface area contributed by atoms with Gasteiger partial charge in [0.2, 0.25) is 0 Å². The topological polar surface area (TPSA) is 0 Å². The van der Waals surface area contributed by atoms with Crippen LogP contribution >= 0.6 is 0 Å². The van der Waals surface area contributed by atoms with E-state index in [4.69, 9.17) is 0 Å². The molecule has 0 nitrogen and oxygen atoms in total. The van der Waals surface area contributed by atoms with Crippen LogP contribution in [0.2, 0.25) is 0 Å². The molecule has 0 aromatic rings. The average molecular weight is 2170 g/mol. The molecule has 0 aromatic heterocycles. The summed E-state index contributed by atoms with van der Waals surface area (Å²) in [7, 11) is 0. The SMILES string of the molecule is C.C.C.C1CCCC1.C1CCCC1.C1CCCC1.CC.[B].[B].[B].[CH3-].[CH3-].[CH3-].[CH3-].[CH3-].[Y].[Y].[Y].[Y].[Y].[Y].[Y].[Y].[Y].[Y].[Y].[Y].[Y].[Y].[Y].[Y].[Y].[Y].[Y].[Y]. The molecule has 0 saturated heterocycles. The van der Waals surface area contributed by atoms with Gasteiger partial charge in [0.25, 0.3) is 0 Å². The molecular formula is C25H63B3Y20-5. The fourth-order valence-electron chi connectivity index (χ4n) is 2.65. The van der Waals surface area contributed by atoms with Gasteiger partial charge in [0, 0.05) is 679 Å². The summed E-state index contributed by atoms with van der Waals surface area (Å²) in [6, 6.07) is 0. The molecule has 23 heteroatoms. The second kappa shape index (κ2) is 232. The van der Waals surface area contributed by atoms with Crippen LogP contribution in [0.4, 0.5) is 0 Å². The summed E-state index contributed by atoms with van der Waals surface area (Å²) in [5.41, 5.74) is 0. The molecule has 0 bridgehead atoms. The third-order valence-corrected chi connectivity index (χ3v) is 3.75. The Kier molecular flexibility index (Phi) is 1110. The van der Waals surface area contributed by atoms with Crippen LogP contribution in [0, 0.1) is 37.1 Å². The Balaban J connectivity index is -0.00000000198. The van der Waals surface area contributed by atoms with Gasteiger partial charge >= 0.3 is 0 Å². The van der Waals surface area contributed by atoms with Crippen molar-refractivity contribution in [1.29, 1.82) is 0 Å². The van der Waals surface area contributed by atoms with Gasteiger partial charge in [-0.2, -0.15) is 0 Å². The quantitative estimate of drug-likeness (QED) is 0.168. The minimum absolute atomic E-state index is 0. The van der Waals surface area contributed by atoms with Crippen LogP contribution in [0.1, 0.15) is 132 Å². The Morgan fingerprint density at radius 1 is 0.167 bits per heavy atom. The Labute approximate surface area is 822 Å². The van der Waals surface area contributed by atoms with E-state index in [-0.39, 0.29) is 739 Å². The largest absolute Gasteiger partial charge is 0.358 e. The first-order valence-electron chi connectivity index (χ1n) is 8.50. The fraction of sp³-hybridized carbons (Fsp3) is 0.800. The van der Waals surface area contributed by atoms with E-state index in [2.05, 4.69) is 0 Å². The minimum Gasteiger partial charge on any atom is -0.358 e. The maximum Gasteiger partial charge on any atom is 0 e. The van der Waals surface area contributed by atoms with Gasteiger partial charge in [-0.1, -0.05) is 132 Å². The predicted octanol–water partition coefficient (Wildman–Crippen LogP) is 9.85. The van der Waals surface area contributed by atoms with Gasteiger partial charge in [0.05, 0.1) is 0 Å². The third-order valence-electron chi connectivity index (χ3n) is 3.75. The predicted molar refractivity (Wildman–Crippen MR) is 150 cm³/mol.